The molecule has 0 saturated carbocycles. The second-order valence-corrected chi connectivity index (χ2v) is 8.55. The number of carboxylic acid groups (broad SMARTS) is 1. The standard InChI is InChI=1S/C24H23N5O4/c1-24(2,3)17-7-4-15(5-8-17)14-33-20-9-6-16(12-19(20)29-11-10-26-28-29)21-25-13-18(23(31)32)22(30)27-21/h4-13H,14H2,1-3H3,(H,31,32)(H,25,27,30). The van der Waals surface area contributed by atoms with Gasteiger partial charge in [-0.25, -0.2) is 14.5 Å². The molecule has 0 amide bonds. The van der Waals surface area contributed by atoms with Crippen LogP contribution in [0.2, 0.25) is 0 Å². The molecule has 2 heterocycles. The SMILES string of the molecule is CC(C)(C)c1ccc(COc2ccc(-c3ncc(C(=O)O)c(=O)[nH]3)cc2-n2ccnn2)cc1. The Hall–Kier alpha value is -4.27. The molecule has 0 radical (unpaired) electrons. The lowest BCUT2D eigenvalue weighted by Crippen LogP contribution is -2.18. The molecule has 0 unspecified atom stereocenters. The number of aromatic amines is 1. The minimum atomic E-state index is -1.34. The van der Waals surface area contributed by atoms with Crippen molar-refractivity contribution in [2.45, 2.75) is 32.8 Å². The summed E-state index contributed by atoms with van der Waals surface area (Å²) in [7, 11) is 0. The zero-order valence-electron chi connectivity index (χ0n) is 18.4. The Labute approximate surface area is 189 Å². The van der Waals surface area contributed by atoms with Crippen molar-refractivity contribution >= 4 is 5.97 Å². The molecule has 4 rings (SSSR count). The summed E-state index contributed by atoms with van der Waals surface area (Å²) in [5, 5.41) is 16.9. The van der Waals surface area contributed by atoms with E-state index in [1.807, 2.05) is 12.1 Å². The third-order valence-corrected chi connectivity index (χ3v) is 5.15. The predicted octanol–water partition coefficient (Wildman–Crippen LogP) is 3.59. The molecule has 168 valence electrons. The lowest BCUT2D eigenvalue weighted by molar-refractivity contribution is 0.0694. The molecular formula is C24H23N5O4. The molecule has 0 fully saturated rings. The highest BCUT2D eigenvalue weighted by Gasteiger charge is 2.15. The van der Waals surface area contributed by atoms with Crippen molar-refractivity contribution in [3.63, 3.8) is 0 Å². The number of rotatable bonds is 6. The molecule has 4 aromatic rings. The number of aromatic carboxylic acids is 1. The first-order valence-electron chi connectivity index (χ1n) is 10.3. The fraction of sp³-hybridized carbons (Fsp3) is 0.208. The minimum absolute atomic E-state index is 0.0765. The zero-order valence-corrected chi connectivity index (χ0v) is 18.4. The van der Waals surface area contributed by atoms with Crippen LogP contribution in [0.1, 0.15) is 42.3 Å². The number of H-pyrrole nitrogens is 1. The fourth-order valence-corrected chi connectivity index (χ4v) is 3.26. The second kappa shape index (κ2) is 8.70. The summed E-state index contributed by atoms with van der Waals surface area (Å²) in [6.45, 7) is 6.86. The molecule has 33 heavy (non-hydrogen) atoms. The lowest BCUT2D eigenvalue weighted by atomic mass is 9.87. The zero-order chi connectivity index (χ0) is 23.6. The first kappa shape index (κ1) is 21.9. The summed E-state index contributed by atoms with van der Waals surface area (Å²) in [6, 6.07) is 13.5. The molecule has 0 saturated heterocycles. The summed E-state index contributed by atoms with van der Waals surface area (Å²) in [4.78, 5) is 29.7. The van der Waals surface area contributed by atoms with E-state index < -0.39 is 17.1 Å². The summed E-state index contributed by atoms with van der Waals surface area (Å²) in [6.07, 6.45) is 4.26. The molecule has 9 heteroatoms. The van der Waals surface area contributed by atoms with Gasteiger partial charge in [-0.15, -0.1) is 5.10 Å². The number of ether oxygens (including phenoxy) is 1. The smallest absolute Gasteiger partial charge is 0.342 e. The monoisotopic (exact) mass is 445 g/mol. The van der Waals surface area contributed by atoms with E-state index in [1.54, 1.807) is 35.3 Å². The quantitative estimate of drug-likeness (QED) is 0.465. The van der Waals surface area contributed by atoms with Crippen LogP contribution in [0.3, 0.4) is 0 Å². The van der Waals surface area contributed by atoms with E-state index in [2.05, 4.69) is 53.2 Å². The van der Waals surface area contributed by atoms with Crippen molar-refractivity contribution < 1.29 is 14.6 Å². The topological polar surface area (TPSA) is 123 Å². The molecule has 0 atom stereocenters. The van der Waals surface area contributed by atoms with Crippen LogP contribution in [0.15, 0.2) is 65.8 Å². The van der Waals surface area contributed by atoms with Crippen molar-refractivity contribution in [2.75, 3.05) is 0 Å². The van der Waals surface area contributed by atoms with Crippen LogP contribution in [-0.4, -0.2) is 36.0 Å². The Morgan fingerprint density at radius 1 is 1.15 bits per heavy atom. The largest absolute Gasteiger partial charge is 0.487 e. The Bertz CT molecular complexity index is 1340. The minimum Gasteiger partial charge on any atom is -0.487 e. The second-order valence-electron chi connectivity index (χ2n) is 8.55. The number of nitrogens with zero attached hydrogens (tertiary/aromatic N) is 4. The molecule has 2 aromatic carbocycles. The number of aromatic nitrogens is 5. The molecule has 0 aliphatic rings. The van der Waals surface area contributed by atoms with Gasteiger partial charge in [0.25, 0.3) is 5.56 Å². The molecule has 2 aromatic heterocycles. The van der Waals surface area contributed by atoms with Crippen molar-refractivity contribution in [1.82, 2.24) is 25.0 Å². The summed E-state index contributed by atoms with van der Waals surface area (Å²) in [5.74, 6) is -0.540. The average Bonchev–Trinajstić information content (AvgIpc) is 3.32. The van der Waals surface area contributed by atoms with Crippen LogP contribution >= 0.6 is 0 Å². The number of carboxylic acids is 1. The Morgan fingerprint density at radius 3 is 2.52 bits per heavy atom. The Kier molecular flexibility index (Phi) is 5.78. The van der Waals surface area contributed by atoms with E-state index in [0.29, 0.717) is 23.6 Å². The van der Waals surface area contributed by atoms with Gasteiger partial charge < -0.3 is 14.8 Å². The van der Waals surface area contributed by atoms with Gasteiger partial charge in [0.05, 0.1) is 12.4 Å². The highest BCUT2D eigenvalue weighted by molar-refractivity contribution is 5.86. The highest BCUT2D eigenvalue weighted by atomic mass is 16.5. The van der Waals surface area contributed by atoms with Crippen LogP contribution in [-0.2, 0) is 12.0 Å². The predicted molar refractivity (Wildman–Crippen MR) is 122 cm³/mol. The van der Waals surface area contributed by atoms with E-state index in [1.165, 1.54) is 5.56 Å². The number of hydrogen-bond acceptors (Lipinski definition) is 6. The third-order valence-electron chi connectivity index (χ3n) is 5.15. The van der Waals surface area contributed by atoms with Gasteiger partial charge in [-0.1, -0.05) is 50.3 Å². The van der Waals surface area contributed by atoms with Crippen LogP contribution in [0.25, 0.3) is 17.1 Å². The first-order valence-corrected chi connectivity index (χ1v) is 10.3. The summed E-state index contributed by atoms with van der Waals surface area (Å²) in [5.41, 5.74) is 2.35. The number of benzene rings is 2. The van der Waals surface area contributed by atoms with Gasteiger partial charge in [0.1, 0.15) is 29.4 Å². The summed E-state index contributed by atoms with van der Waals surface area (Å²) >= 11 is 0. The molecule has 0 bridgehead atoms. The molecule has 0 aliphatic carbocycles. The van der Waals surface area contributed by atoms with E-state index in [0.717, 1.165) is 11.8 Å². The van der Waals surface area contributed by atoms with Crippen molar-refractivity contribution in [3.05, 3.63) is 88.1 Å². The third kappa shape index (κ3) is 4.82. The maximum Gasteiger partial charge on any atom is 0.342 e. The first-order chi connectivity index (χ1) is 15.7. The van der Waals surface area contributed by atoms with Gasteiger partial charge in [-0.05, 0) is 34.7 Å². The Balaban J connectivity index is 1.63. The van der Waals surface area contributed by atoms with Gasteiger partial charge in [0.2, 0.25) is 0 Å². The van der Waals surface area contributed by atoms with E-state index in [9.17, 15) is 9.59 Å². The lowest BCUT2D eigenvalue weighted by Gasteiger charge is -2.19. The number of hydrogen-bond donors (Lipinski definition) is 2. The van der Waals surface area contributed by atoms with Gasteiger partial charge in [-0.3, -0.25) is 4.79 Å². The van der Waals surface area contributed by atoms with Gasteiger partial charge >= 0.3 is 5.97 Å². The molecule has 9 nitrogen and oxygen atoms in total. The number of carbonyl (C=O) groups is 1. The highest BCUT2D eigenvalue weighted by Crippen LogP contribution is 2.28. The van der Waals surface area contributed by atoms with Crippen LogP contribution in [0.4, 0.5) is 0 Å². The Morgan fingerprint density at radius 2 is 1.91 bits per heavy atom. The van der Waals surface area contributed by atoms with Crippen LogP contribution in [0, 0.1) is 0 Å². The van der Waals surface area contributed by atoms with Gasteiger partial charge in [0, 0.05) is 11.8 Å². The van der Waals surface area contributed by atoms with E-state index >= 15 is 0 Å². The van der Waals surface area contributed by atoms with Crippen molar-refractivity contribution in [1.29, 1.82) is 0 Å². The molecular weight excluding hydrogens is 422 g/mol. The average molecular weight is 445 g/mol. The maximum absolute atomic E-state index is 12.1. The molecule has 0 aliphatic heterocycles. The number of nitrogens with one attached hydrogen (secondary N) is 1. The maximum atomic E-state index is 12.1. The van der Waals surface area contributed by atoms with Crippen LogP contribution in [0.5, 0.6) is 5.75 Å². The van der Waals surface area contributed by atoms with Gasteiger partial charge in [0.15, 0.2) is 0 Å². The van der Waals surface area contributed by atoms with Crippen LogP contribution < -0.4 is 10.3 Å². The normalized spacial score (nSPS) is 11.4. The van der Waals surface area contributed by atoms with Crippen molar-refractivity contribution in [3.8, 4) is 22.8 Å². The van der Waals surface area contributed by atoms with Crippen molar-refractivity contribution in [2.24, 2.45) is 0 Å². The molecule has 0 spiro atoms. The summed E-state index contributed by atoms with van der Waals surface area (Å²) < 4.78 is 7.63. The van der Waals surface area contributed by atoms with E-state index in [4.69, 9.17) is 9.84 Å². The van der Waals surface area contributed by atoms with Gasteiger partial charge in [-0.2, -0.15) is 0 Å². The molecule has 2 N–H and O–H groups in total. The van der Waals surface area contributed by atoms with E-state index in [-0.39, 0.29) is 11.2 Å². The fourth-order valence-electron chi connectivity index (χ4n) is 3.26.